The van der Waals surface area contributed by atoms with Crippen molar-refractivity contribution in [1.82, 2.24) is 0 Å². The summed E-state index contributed by atoms with van der Waals surface area (Å²) in [6.07, 6.45) is 2.53. The van der Waals surface area contributed by atoms with Crippen LogP contribution in [0, 0.1) is 0 Å². The fraction of sp³-hybridized carbons (Fsp3) is 0.172. The van der Waals surface area contributed by atoms with Crippen molar-refractivity contribution in [2.75, 3.05) is 12.4 Å². The zero-order valence-corrected chi connectivity index (χ0v) is 20.2. The molecule has 4 nitrogen and oxygen atoms in total. The summed E-state index contributed by atoms with van der Waals surface area (Å²) in [6.45, 7) is 2.10. The van der Waals surface area contributed by atoms with Crippen molar-refractivity contribution in [3.8, 4) is 11.1 Å². The molecule has 3 aromatic carbocycles. The molecular formula is C29H27NO3S. The van der Waals surface area contributed by atoms with Gasteiger partial charge in [-0.15, -0.1) is 11.3 Å². The Morgan fingerprint density at radius 1 is 0.853 bits per heavy atom. The number of esters is 1. The number of hydrogen-bond acceptors (Lipinski definition) is 4. The Balaban J connectivity index is 1.60. The normalized spacial score (nSPS) is 10.6. The molecule has 0 saturated heterocycles. The molecule has 0 radical (unpaired) electrons. The number of carbonyl (C=O) groups excluding carboxylic acids is 2. The Labute approximate surface area is 204 Å². The van der Waals surface area contributed by atoms with Crippen molar-refractivity contribution in [3.63, 3.8) is 0 Å². The molecule has 0 aliphatic rings. The number of carbonyl (C=O) groups is 2. The van der Waals surface area contributed by atoms with Gasteiger partial charge in [-0.3, -0.25) is 4.79 Å². The summed E-state index contributed by atoms with van der Waals surface area (Å²) in [5.74, 6) is -0.702. The molecule has 5 heteroatoms. The van der Waals surface area contributed by atoms with E-state index in [1.807, 2.05) is 60.0 Å². The van der Waals surface area contributed by atoms with Crippen molar-refractivity contribution in [2.24, 2.45) is 0 Å². The first-order chi connectivity index (χ1) is 16.6. The van der Waals surface area contributed by atoms with Gasteiger partial charge in [0.15, 0.2) is 0 Å². The molecule has 172 valence electrons. The van der Waals surface area contributed by atoms with Crippen molar-refractivity contribution in [2.45, 2.75) is 26.2 Å². The quantitative estimate of drug-likeness (QED) is 0.289. The van der Waals surface area contributed by atoms with Crippen LogP contribution in [0.15, 0.2) is 84.2 Å². The van der Waals surface area contributed by atoms with Gasteiger partial charge in [0.1, 0.15) is 10.6 Å². The number of thiophene rings is 1. The van der Waals surface area contributed by atoms with E-state index in [4.69, 9.17) is 4.74 Å². The van der Waals surface area contributed by atoms with E-state index in [-0.39, 0.29) is 5.91 Å². The highest BCUT2D eigenvalue weighted by atomic mass is 32.1. The highest BCUT2D eigenvalue weighted by Gasteiger charge is 2.23. The molecular weight excluding hydrogens is 442 g/mol. The van der Waals surface area contributed by atoms with E-state index in [1.54, 1.807) is 0 Å². The number of ether oxygens (including phenoxy) is 1. The van der Waals surface area contributed by atoms with Gasteiger partial charge in [-0.25, -0.2) is 4.79 Å². The smallest absolute Gasteiger partial charge is 0.341 e. The molecule has 0 unspecified atom stereocenters. The van der Waals surface area contributed by atoms with E-state index in [0.717, 1.165) is 36.0 Å². The van der Waals surface area contributed by atoms with Gasteiger partial charge in [0.25, 0.3) is 5.91 Å². The van der Waals surface area contributed by atoms with Gasteiger partial charge in [-0.05, 0) is 47.6 Å². The molecule has 0 aliphatic heterocycles. The monoisotopic (exact) mass is 469 g/mol. The molecule has 0 atom stereocenters. The lowest BCUT2D eigenvalue weighted by Crippen LogP contribution is -2.16. The van der Waals surface area contributed by atoms with Gasteiger partial charge in [0.2, 0.25) is 0 Å². The summed E-state index contributed by atoms with van der Waals surface area (Å²) >= 11 is 1.33. The molecule has 1 heterocycles. The highest BCUT2D eigenvalue weighted by Crippen LogP contribution is 2.36. The Morgan fingerprint density at radius 3 is 2.26 bits per heavy atom. The summed E-state index contributed by atoms with van der Waals surface area (Å²) in [5, 5.41) is 5.36. The van der Waals surface area contributed by atoms with E-state index in [9.17, 15) is 9.59 Å². The fourth-order valence-electron chi connectivity index (χ4n) is 3.94. The summed E-state index contributed by atoms with van der Waals surface area (Å²) in [7, 11) is 1.36. The Bertz CT molecular complexity index is 1280. The molecule has 0 aliphatic carbocycles. The first-order valence-electron chi connectivity index (χ1n) is 11.3. The number of amides is 1. The molecule has 0 bridgehead atoms. The third-order valence-corrected chi connectivity index (χ3v) is 6.76. The number of hydrogen-bond donors (Lipinski definition) is 1. The van der Waals surface area contributed by atoms with Crippen LogP contribution in [0.5, 0.6) is 0 Å². The zero-order valence-electron chi connectivity index (χ0n) is 19.3. The van der Waals surface area contributed by atoms with Crippen LogP contribution >= 0.6 is 11.3 Å². The standard InChI is InChI=1S/C29H27NO3S/c1-3-20-13-16-23(17-14-20)25-19-34-28(26(25)29(32)33-2)30-27(31)24-12-8-7-11-22(24)18-15-21-9-5-4-6-10-21/h4-14,16-17,19H,3,15,18H2,1-2H3,(H,30,31). The minimum absolute atomic E-state index is 0.233. The molecule has 1 aromatic heterocycles. The second kappa shape index (κ2) is 10.9. The first kappa shape index (κ1) is 23.5. The van der Waals surface area contributed by atoms with E-state index in [0.29, 0.717) is 16.1 Å². The number of methoxy groups -OCH3 is 1. The summed E-state index contributed by atoms with van der Waals surface area (Å²) in [4.78, 5) is 26.0. The maximum absolute atomic E-state index is 13.3. The fourth-order valence-corrected chi connectivity index (χ4v) is 4.89. The van der Waals surface area contributed by atoms with Crippen molar-refractivity contribution < 1.29 is 14.3 Å². The average Bonchev–Trinajstić information content (AvgIpc) is 3.31. The van der Waals surface area contributed by atoms with Crippen molar-refractivity contribution >= 4 is 28.2 Å². The van der Waals surface area contributed by atoms with Crippen LogP contribution in [0.2, 0.25) is 0 Å². The third kappa shape index (κ3) is 5.26. The van der Waals surface area contributed by atoms with Gasteiger partial charge >= 0.3 is 5.97 Å². The van der Waals surface area contributed by atoms with Crippen LogP contribution in [0.25, 0.3) is 11.1 Å². The minimum atomic E-state index is -0.469. The second-order valence-corrected chi connectivity index (χ2v) is 8.87. The number of anilines is 1. The van der Waals surface area contributed by atoms with Gasteiger partial charge in [0.05, 0.1) is 7.11 Å². The Morgan fingerprint density at radius 2 is 1.56 bits per heavy atom. The molecule has 1 N–H and O–H groups in total. The van der Waals surface area contributed by atoms with E-state index in [2.05, 4.69) is 36.5 Å². The lowest BCUT2D eigenvalue weighted by atomic mass is 9.99. The molecule has 1 amide bonds. The van der Waals surface area contributed by atoms with Crippen LogP contribution in [0.1, 0.15) is 44.3 Å². The molecule has 34 heavy (non-hydrogen) atoms. The van der Waals surface area contributed by atoms with Crippen LogP contribution < -0.4 is 5.32 Å². The molecule has 4 aromatic rings. The van der Waals surface area contributed by atoms with Gasteiger partial charge < -0.3 is 10.1 Å². The van der Waals surface area contributed by atoms with Crippen molar-refractivity contribution in [1.29, 1.82) is 0 Å². The Kier molecular flexibility index (Phi) is 7.55. The lowest BCUT2D eigenvalue weighted by Gasteiger charge is -2.11. The summed E-state index contributed by atoms with van der Waals surface area (Å²) in [5.41, 5.74) is 6.07. The molecule has 0 fully saturated rings. The predicted molar refractivity (Wildman–Crippen MR) is 139 cm³/mol. The van der Waals surface area contributed by atoms with Crippen LogP contribution in [-0.2, 0) is 24.0 Å². The van der Waals surface area contributed by atoms with Crippen LogP contribution in [-0.4, -0.2) is 19.0 Å². The minimum Gasteiger partial charge on any atom is -0.465 e. The van der Waals surface area contributed by atoms with Crippen molar-refractivity contribution in [3.05, 3.63) is 112 Å². The molecule has 0 spiro atoms. The van der Waals surface area contributed by atoms with Crippen LogP contribution in [0.3, 0.4) is 0 Å². The summed E-state index contributed by atoms with van der Waals surface area (Å²) < 4.78 is 5.06. The maximum Gasteiger partial charge on any atom is 0.341 e. The second-order valence-electron chi connectivity index (χ2n) is 7.99. The predicted octanol–water partition coefficient (Wildman–Crippen LogP) is 6.80. The first-order valence-corrected chi connectivity index (χ1v) is 12.2. The SMILES string of the molecule is CCc1ccc(-c2csc(NC(=O)c3ccccc3CCc3ccccc3)c2C(=O)OC)cc1. The molecule has 0 saturated carbocycles. The summed E-state index contributed by atoms with van der Waals surface area (Å²) in [6, 6.07) is 25.9. The number of benzene rings is 3. The van der Waals surface area contributed by atoms with Gasteiger partial charge in [-0.2, -0.15) is 0 Å². The van der Waals surface area contributed by atoms with Gasteiger partial charge in [-0.1, -0.05) is 79.7 Å². The zero-order chi connectivity index (χ0) is 23.9. The lowest BCUT2D eigenvalue weighted by molar-refractivity contribution is 0.0603. The topological polar surface area (TPSA) is 55.4 Å². The van der Waals surface area contributed by atoms with Gasteiger partial charge in [0, 0.05) is 16.5 Å². The number of nitrogens with one attached hydrogen (secondary N) is 1. The number of rotatable bonds is 8. The maximum atomic E-state index is 13.3. The highest BCUT2D eigenvalue weighted by molar-refractivity contribution is 7.15. The Hall–Kier alpha value is -3.70. The molecule has 4 rings (SSSR count). The van der Waals surface area contributed by atoms with E-state index < -0.39 is 5.97 Å². The average molecular weight is 470 g/mol. The van der Waals surface area contributed by atoms with Crippen LogP contribution in [0.4, 0.5) is 5.00 Å². The van der Waals surface area contributed by atoms with E-state index >= 15 is 0 Å². The third-order valence-electron chi connectivity index (χ3n) is 5.87. The largest absolute Gasteiger partial charge is 0.465 e. The number of aryl methyl sites for hydroxylation is 3. The van der Waals surface area contributed by atoms with E-state index in [1.165, 1.54) is 29.6 Å².